The van der Waals surface area contributed by atoms with Gasteiger partial charge in [0.1, 0.15) is 11.4 Å². The van der Waals surface area contributed by atoms with Crippen molar-refractivity contribution in [2.24, 2.45) is 0 Å². The molecule has 8 heteroatoms. The predicted octanol–water partition coefficient (Wildman–Crippen LogP) is 10.2. The van der Waals surface area contributed by atoms with Crippen molar-refractivity contribution >= 4 is 0 Å². The van der Waals surface area contributed by atoms with Crippen LogP contribution in [0.2, 0.25) is 0 Å². The summed E-state index contributed by atoms with van der Waals surface area (Å²) in [5.41, 5.74) is 3.37. The Morgan fingerprint density at radius 3 is 1.27 bits per heavy atom. The van der Waals surface area contributed by atoms with Gasteiger partial charge >= 0.3 is 0 Å². The quantitative estimate of drug-likeness (QED) is 0.0806. The van der Waals surface area contributed by atoms with Gasteiger partial charge in [0.15, 0.2) is 23.1 Å². The van der Waals surface area contributed by atoms with Crippen LogP contribution in [0.1, 0.15) is 105 Å². The first kappa shape index (κ1) is 38.6. The third-order valence-electron chi connectivity index (χ3n) is 7.72. The summed E-state index contributed by atoms with van der Waals surface area (Å²) in [5.74, 6) is 6.44. The summed E-state index contributed by atoms with van der Waals surface area (Å²) in [6, 6.07) is 13.1. The van der Waals surface area contributed by atoms with Crippen LogP contribution in [0.15, 0.2) is 60.9 Å². The zero-order chi connectivity index (χ0) is 35.4. The topological polar surface area (TPSA) is 44.2 Å². The van der Waals surface area contributed by atoms with Crippen LogP contribution in [0.25, 0.3) is 0 Å². The second-order valence-corrected chi connectivity index (χ2v) is 11.5. The molecule has 0 amide bonds. The molecule has 49 heavy (non-hydrogen) atoms. The number of hydrogen-bond donors (Lipinski definition) is 0. The van der Waals surface area contributed by atoms with E-state index in [-0.39, 0.29) is 22.6 Å². The molecule has 0 N–H and O–H groups in total. The SMILES string of the molecule is CCCCCCCc1ccc(C#Cc2ccc(OC)c(F)c2F)nc1.CCCCCCc1ccc(C#Cc2ccc(OC)c(F)c2F)nc1. The summed E-state index contributed by atoms with van der Waals surface area (Å²) in [6.07, 6.45) is 16.6. The molecule has 0 aliphatic rings. The van der Waals surface area contributed by atoms with E-state index in [1.165, 1.54) is 94.6 Å². The largest absolute Gasteiger partial charge is 0.494 e. The Bertz CT molecular complexity index is 1730. The van der Waals surface area contributed by atoms with Crippen LogP contribution in [0.5, 0.6) is 11.5 Å². The molecule has 0 aliphatic carbocycles. The van der Waals surface area contributed by atoms with Crippen molar-refractivity contribution in [1.82, 2.24) is 9.97 Å². The molecule has 2 aromatic carbocycles. The average Bonchev–Trinajstić information content (AvgIpc) is 3.12. The van der Waals surface area contributed by atoms with Gasteiger partial charge in [0.05, 0.1) is 25.3 Å². The Labute approximate surface area is 288 Å². The summed E-state index contributed by atoms with van der Waals surface area (Å²) >= 11 is 0. The molecule has 0 spiro atoms. The average molecular weight is 673 g/mol. The molecule has 0 bridgehead atoms. The van der Waals surface area contributed by atoms with Gasteiger partial charge in [0.25, 0.3) is 0 Å². The van der Waals surface area contributed by atoms with Gasteiger partial charge in [-0.1, -0.05) is 82.8 Å². The number of pyridine rings is 2. The van der Waals surface area contributed by atoms with E-state index in [0.717, 1.165) is 25.7 Å². The monoisotopic (exact) mass is 672 g/mol. The molecule has 2 aromatic heterocycles. The molecule has 2 heterocycles. The van der Waals surface area contributed by atoms with Crippen LogP contribution in [0, 0.1) is 47.0 Å². The molecule has 0 fully saturated rings. The second kappa shape index (κ2) is 21.2. The van der Waals surface area contributed by atoms with Crippen molar-refractivity contribution in [3.05, 3.63) is 118 Å². The van der Waals surface area contributed by atoms with Crippen LogP contribution in [0.3, 0.4) is 0 Å². The second-order valence-electron chi connectivity index (χ2n) is 11.5. The summed E-state index contributed by atoms with van der Waals surface area (Å²) in [4.78, 5) is 8.54. The van der Waals surface area contributed by atoms with Gasteiger partial charge in [0, 0.05) is 12.4 Å². The van der Waals surface area contributed by atoms with Gasteiger partial charge in [-0.05, 0) is 85.0 Å². The number of halogens is 4. The predicted molar refractivity (Wildman–Crippen MR) is 187 cm³/mol. The first-order chi connectivity index (χ1) is 23.8. The standard InChI is InChI=1S/C21H23F2NO.C20H21F2NO/c1-3-4-5-6-7-8-16-9-12-18(24-15-16)13-10-17-11-14-19(25-2)21(23)20(17)22;1-3-4-5-6-7-15-8-11-17(23-14-15)12-9-16-10-13-18(24-2)20(22)19(16)21/h9,11-12,14-15H,3-8H2,1-2H3;8,10-11,13-14H,3-7H2,1-2H3. The van der Waals surface area contributed by atoms with Gasteiger partial charge < -0.3 is 9.47 Å². The van der Waals surface area contributed by atoms with Crippen LogP contribution in [-0.2, 0) is 12.8 Å². The van der Waals surface area contributed by atoms with E-state index >= 15 is 0 Å². The summed E-state index contributed by atoms with van der Waals surface area (Å²) < 4.78 is 64.5. The Morgan fingerprint density at radius 1 is 0.490 bits per heavy atom. The van der Waals surface area contributed by atoms with E-state index in [1.807, 2.05) is 18.2 Å². The van der Waals surface area contributed by atoms with E-state index in [0.29, 0.717) is 11.4 Å². The lowest BCUT2D eigenvalue weighted by Crippen LogP contribution is -1.95. The fraction of sp³-hybridized carbons (Fsp3) is 0.366. The Hall–Kier alpha value is -4.82. The van der Waals surface area contributed by atoms with Crippen molar-refractivity contribution in [3.8, 4) is 35.2 Å². The number of methoxy groups -OCH3 is 2. The van der Waals surface area contributed by atoms with Crippen molar-refractivity contribution in [2.45, 2.75) is 84.5 Å². The minimum absolute atomic E-state index is 0.0138. The van der Waals surface area contributed by atoms with Crippen molar-refractivity contribution in [1.29, 1.82) is 0 Å². The number of unbranched alkanes of at least 4 members (excludes halogenated alkanes) is 7. The van der Waals surface area contributed by atoms with Gasteiger partial charge in [0.2, 0.25) is 11.6 Å². The molecule has 0 atom stereocenters. The summed E-state index contributed by atoms with van der Waals surface area (Å²) in [6.45, 7) is 4.39. The number of aryl methyl sites for hydroxylation is 2. The van der Waals surface area contributed by atoms with Crippen LogP contribution >= 0.6 is 0 Å². The van der Waals surface area contributed by atoms with Crippen molar-refractivity contribution in [2.75, 3.05) is 14.2 Å². The molecule has 258 valence electrons. The minimum Gasteiger partial charge on any atom is -0.494 e. The van der Waals surface area contributed by atoms with E-state index < -0.39 is 23.3 Å². The number of hydrogen-bond acceptors (Lipinski definition) is 4. The highest BCUT2D eigenvalue weighted by Crippen LogP contribution is 2.23. The van der Waals surface area contributed by atoms with Crippen molar-refractivity contribution in [3.63, 3.8) is 0 Å². The number of rotatable bonds is 13. The normalized spacial score (nSPS) is 10.2. The Balaban J connectivity index is 0.000000266. The van der Waals surface area contributed by atoms with E-state index in [9.17, 15) is 17.6 Å². The van der Waals surface area contributed by atoms with E-state index in [4.69, 9.17) is 9.47 Å². The first-order valence-corrected chi connectivity index (χ1v) is 16.8. The molecule has 0 aliphatic heterocycles. The minimum atomic E-state index is -1.03. The van der Waals surface area contributed by atoms with Crippen LogP contribution < -0.4 is 9.47 Å². The maximum absolute atomic E-state index is 13.9. The lowest BCUT2D eigenvalue weighted by Gasteiger charge is -2.03. The van der Waals surface area contributed by atoms with Gasteiger partial charge in [-0.15, -0.1) is 0 Å². The third kappa shape index (κ3) is 12.6. The highest BCUT2D eigenvalue weighted by molar-refractivity contribution is 5.45. The molecule has 0 saturated heterocycles. The first-order valence-electron chi connectivity index (χ1n) is 16.8. The van der Waals surface area contributed by atoms with Gasteiger partial charge in [-0.25, -0.2) is 18.7 Å². The van der Waals surface area contributed by atoms with Crippen LogP contribution in [-0.4, -0.2) is 24.2 Å². The van der Waals surface area contributed by atoms with E-state index in [2.05, 4.69) is 47.5 Å². The summed E-state index contributed by atoms with van der Waals surface area (Å²) in [5, 5.41) is 0. The highest BCUT2D eigenvalue weighted by Gasteiger charge is 2.13. The van der Waals surface area contributed by atoms with Crippen molar-refractivity contribution < 1.29 is 27.0 Å². The Kier molecular flexibility index (Phi) is 16.7. The lowest BCUT2D eigenvalue weighted by atomic mass is 10.1. The maximum atomic E-state index is 13.9. The smallest absolute Gasteiger partial charge is 0.201 e. The molecule has 4 nitrogen and oxygen atoms in total. The molecular formula is C41H44F4N2O2. The molecule has 4 rings (SSSR count). The zero-order valence-corrected chi connectivity index (χ0v) is 28.8. The van der Waals surface area contributed by atoms with Gasteiger partial charge in [-0.2, -0.15) is 8.78 Å². The van der Waals surface area contributed by atoms with Crippen LogP contribution in [0.4, 0.5) is 17.6 Å². The molecular weight excluding hydrogens is 628 g/mol. The third-order valence-corrected chi connectivity index (χ3v) is 7.72. The molecule has 0 unspecified atom stereocenters. The summed E-state index contributed by atoms with van der Waals surface area (Å²) in [7, 11) is 2.58. The molecule has 4 aromatic rings. The number of ether oxygens (including phenoxy) is 2. The lowest BCUT2D eigenvalue weighted by molar-refractivity contribution is 0.371. The number of benzene rings is 2. The highest BCUT2D eigenvalue weighted by atomic mass is 19.2. The zero-order valence-electron chi connectivity index (χ0n) is 28.8. The van der Waals surface area contributed by atoms with Gasteiger partial charge in [-0.3, -0.25) is 0 Å². The fourth-order valence-corrected chi connectivity index (χ4v) is 4.82. The maximum Gasteiger partial charge on any atom is 0.201 e. The molecule has 0 radical (unpaired) electrons. The fourth-order valence-electron chi connectivity index (χ4n) is 4.82. The van der Waals surface area contributed by atoms with E-state index in [1.54, 1.807) is 18.5 Å². The number of nitrogens with zero attached hydrogens (tertiary/aromatic N) is 2. The molecule has 0 saturated carbocycles. The Morgan fingerprint density at radius 2 is 0.898 bits per heavy atom. The number of aromatic nitrogens is 2.